The maximum absolute atomic E-state index is 12.4. The third-order valence-electron chi connectivity index (χ3n) is 3.03. The second-order valence-corrected chi connectivity index (χ2v) is 6.66. The third-order valence-corrected chi connectivity index (χ3v) is 4.83. The Morgan fingerprint density at radius 1 is 1.16 bits per heavy atom. The number of nitrogens with one attached hydrogen (secondary N) is 2. The van der Waals surface area contributed by atoms with Crippen LogP contribution in [0.1, 0.15) is 0 Å². The second kappa shape index (κ2) is 7.36. The van der Waals surface area contributed by atoms with Gasteiger partial charge in [-0.2, -0.15) is 15.3 Å². The molecule has 0 radical (unpaired) electrons. The van der Waals surface area contributed by atoms with E-state index < -0.39 is 10.9 Å². The molecule has 0 amide bonds. The van der Waals surface area contributed by atoms with E-state index in [0.29, 0.717) is 10.9 Å². The number of nitrogens with zero attached hydrogens (tertiary/aromatic N) is 6. The fourth-order valence-electron chi connectivity index (χ4n) is 1.78. The Morgan fingerprint density at radius 3 is 2.68 bits per heavy atom. The maximum atomic E-state index is 12.4. The van der Waals surface area contributed by atoms with E-state index in [1.807, 2.05) is 6.26 Å². The van der Waals surface area contributed by atoms with Crippen LogP contribution in [0.25, 0.3) is 0 Å². The molecule has 0 saturated heterocycles. The van der Waals surface area contributed by atoms with E-state index in [1.54, 1.807) is 19.3 Å². The van der Waals surface area contributed by atoms with Gasteiger partial charge in [0.1, 0.15) is 11.2 Å². The predicted octanol–water partition coefficient (Wildman–Crippen LogP) is -0.555. The topological polar surface area (TPSA) is 127 Å². The van der Waals surface area contributed by atoms with Gasteiger partial charge in [-0.25, -0.2) is 0 Å². The number of aromatic nitrogens is 4. The number of hydrogen-bond donors (Lipinski definition) is 2. The molecular formula is C13H12N8O2S2. The van der Waals surface area contributed by atoms with Crippen molar-refractivity contribution in [2.24, 2.45) is 17.3 Å². The van der Waals surface area contributed by atoms with Crippen molar-refractivity contribution in [1.82, 2.24) is 20.0 Å². The van der Waals surface area contributed by atoms with Crippen LogP contribution in [0, 0.1) is 0 Å². The minimum absolute atomic E-state index is 0.0473. The van der Waals surface area contributed by atoms with Crippen LogP contribution < -0.4 is 32.4 Å². The van der Waals surface area contributed by atoms with Crippen molar-refractivity contribution in [2.75, 3.05) is 17.1 Å². The lowest BCUT2D eigenvalue weighted by Crippen LogP contribution is -2.48. The van der Waals surface area contributed by atoms with Crippen LogP contribution >= 0.6 is 23.1 Å². The van der Waals surface area contributed by atoms with E-state index in [-0.39, 0.29) is 10.7 Å². The lowest BCUT2D eigenvalue weighted by Gasteiger charge is -1.98. The van der Waals surface area contributed by atoms with Gasteiger partial charge in [0, 0.05) is 13.1 Å². The number of aryl methyl sites for hydroxylation is 1. The summed E-state index contributed by atoms with van der Waals surface area (Å²) in [6.45, 7) is 0. The van der Waals surface area contributed by atoms with Crippen molar-refractivity contribution in [1.29, 1.82) is 0 Å². The fourth-order valence-corrected chi connectivity index (χ4v) is 2.89. The Labute approximate surface area is 148 Å². The first-order valence-electron chi connectivity index (χ1n) is 6.88. The molecule has 12 heteroatoms. The molecule has 2 heterocycles. The van der Waals surface area contributed by atoms with Gasteiger partial charge in [0.05, 0.1) is 6.20 Å². The van der Waals surface area contributed by atoms with Crippen molar-refractivity contribution in [2.45, 2.75) is 4.34 Å². The zero-order chi connectivity index (χ0) is 17.8. The van der Waals surface area contributed by atoms with E-state index in [2.05, 4.69) is 36.4 Å². The number of rotatable bonds is 5. The van der Waals surface area contributed by atoms with Crippen LogP contribution in [-0.4, -0.2) is 26.2 Å². The Bertz CT molecular complexity index is 1110. The van der Waals surface area contributed by atoms with Crippen LogP contribution in [0.2, 0.25) is 0 Å². The first kappa shape index (κ1) is 17.0. The quantitative estimate of drug-likeness (QED) is 0.448. The van der Waals surface area contributed by atoms with E-state index in [1.165, 1.54) is 39.9 Å². The van der Waals surface area contributed by atoms with Gasteiger partial charge in [0.2, 0.25) is 16.0 Å². The molecule has 0 atom stereocenters. The van der Waals surface area contributed by atoms with Gasteiger partial charge < -0.3 is 0 Å². The zero-order valence-electron chi connectivity index (χ0n) is 13.1. The van der Waals surface area contributed by atoms with Gasteiger partial charge >= 0.3 is 0 Å². The number of benzene rings is 1. The molecule has 3 rings (SSSR count). The number of thioether (sulfide) groups is 1. The van der Waals surface area contributed by atoms with Gasteiger partial charge in [-0.3, -0.25) is 25.1 Å². The smallest absolute Gasteiger partial charge is 0.237 e. The lowest BCUT2D eigenvalue weighted by molar-refractivity contribution is 0.770. The molecule has 0 aliphatic heterocycles. The lowest BCUT2D eigenvalue weighted by atomic mass is 10.3. The van der Waals surface area contributed by atoms with Crippen LogP contribution in [0.3, 0.4) is 0 Å². The molecule has 0 aliphatic rings. The molecule has 128 valence electrons. The molecule has 3 aromatic rings. The largest absolute Gasteiger partial charge is 0.287 e. The van der Waals surface area contributed by atoms with Gasteiger partial charge in [0.15, 0.2) is 9.70 Å². The summed E-state index contributed by atoms with van der Waals surface area (Å²) in [7, 11) is 1.70. The number of hydrogen-bond acceptors (Lipinski definition) is 11. The first-order chi connectivity index (χ1) is 12.1. The van der Waals surface area contributed by atoms with Gasteiger partial charge in [-0.1, -0.05) is 23.1 Å². The van der Waals surface area contributed by atoms with Gasteiger partial charge in [-0.15, -0.1) is 10.2 Å². The average molecular weight is 376 g/mol. The fraction of sp³-hybridized carbons (Fsp3) is 0.154. The Morgan fingerprint density at radius 2 is 2.00 bits per heavy atom. The molecule has 25 heavy (non-hydrogen) atoms. The summed E-state index contributed by atoms with van der Waals surface area (Å²) in [5.74, 6) is 0.540. The van der Waals surface area contributed by atoms with Gasteiger partial charge in [0.25, 0.3) is 0 Å². The Balaban J connectivity index is 1.94. The number of anilines is 2. The predicted molar refractivity (Wildman–Crippen MR) is 94.6 cm³/mol. The van der Waals surface area contributed by atoms with Crippen LogP contribution in [0.4, 0.5) is 10.9 Å². The highest BCUT2D eigenvalue weighted by atomic mass is 32.2. The third kappa shape index (κ3) is 3.80. The molecule has 0 spiro atoms. The summed E-state index contributed by atoms with van der Waals surface area (Å²) < 4.78 is 2.29. The standard InChI is InChI=1S/C13H12N8O2S2/c1-21-9(5-6-14-21)16-17-10-8(22)4-3-7(11(10)23)15-18-12-19-20-13(24-2)25-12/h3-6,16H,1-2H3,(H,18,19)/b15-7+,17-10+. The Hall–Kier alpha value is -2.86. The minimum Gasteiger partial charge on any atom is -0.287 e. The highest BCUT2D eigenvalue weighted by molar-refractivity contribution is 8.00. The normalized spacial score (nSPS) is 12.6. The minimum atomic E-state index is -0.593. The highest BCUT2D eigenvalue weighted by Crippen LogP contribution is 2.22. The van der Waals surface area contributed by atoms with Crippen molar-refractivity contribution in [3.8, 4) is 0 Å². The highest BCUT2D eigenvalue weighted by Gasteiger charge is 2.04. The van der Waals surface area contributed by atoms with Crippen molar-refractivity contribution >= 4 is 34.0 Å². The van der Waals surface area contributed by atoms with E-state index in [4.69, 9.17) is 0 Å². The van der Waals surface area contributed by atoms with E-state index in [0.717, 1.165) is 4.34 Å². The van der Waals surface area contributed by atoms with Gasteiger partial charge in [-0.05, 0) is 18.4 Å². The molecule has 0 unspecified atom stereocenters. The van der Waals surface area contributed by atoms with Crippen LogP contribution in [-0.2, 0) is 7.05 Å². The van der Waals surface area contributed by atoms with Crippen LogP contribution in [0.15, 0.2) is 48.5 Å². The zero-order valence-corrected chi connectivity index (χ0v) is 14.8. The molecule has 2 aromatic heterocycles. The van der Waals surface area contributed by atoms with E-state index in [9.17, 15) is 9.59 Å². The second-order valence-electron chi connectivity index (χ2n) is 4.63. The monoisotopic (exact) mass is 376 g/mol. The molecule has 0 bridgehead atoms. The summed E-state index contributed by atoms with van der Waals surface area (Å²) in [6, 6.07) is 4.23. The summed E-state index contributed by atoms with van der Waals surface area (Å²) in [5.41, 5.74) is 4.21. The van der Waals surface area contributed by atoms with Crippen molar-refractivity contribution in [3.63, 3.8) is 0 Å². The molecule has 1 aromatic carbocycles. The van der Waals surface area contributed by atoms with E-state index >= 15 is 0 Å². The summed E-state index contributed by atoms with van der Waals surface area (Å²) in [4.78, 5) is 24.3. The van der Waals surface area contributed by atoms with Crippen molar-refractivity contribution < 1.29 is 0 Å². The summed E-state index contributed by atoms with van der Waals surface area (Å²) in [6.07, 6.45) is 3.45. The first-order valence-corrected chi connectivity index (χ1v) is 8.92. The van der Waals surface area contributed by atoms with Crippen molar-refractivity contribution in [3.05, 3.63) is 55.6 Å². The SMILES string of the molecule is CSc1nnc(N/N=c2\ccc(=O)/c(=N\Nc3ccnn3C)c2=O)s1. The average Bonchev–Trinajstić information content (AvgIpc) is 3.23. The Kier molecular flexibility index (Phi) is 5.00. The molecule has 0 aliphatic carbocycles. The molecular weight excluding hydrogens is 364 g/mol. The maximum Gasteiger partial charge on any atom is 0.237 e. The summed E-state index contributed by atoms with van der Waals surface area (Å²) >= 11 is 2.76. The van der Waals surface area contributed by atoms with Crippen LogP contribution in [0.5, 0.6) is 0 Å². The molecule has 10 nitrogen and oxygen atoms in total. The molecule has 0 fully saturated rings. The molecule has 2 N–H and O–H groups in total. The molecule has 0 saturated carbocycles. The summed E-state index contributed by atoms with van der Waals surface area (Å²) in [5, 5.41) is 19.9.